The van der Waals surface area contributed by atoms with Gasteiger partial charge < -0.3 is 9.84 Å². The molecule has 0 heterocycles. The van der Waals surface area contributed by atoms with Gasteiger partial charge in [-0.3, -0.25) is 0 Å². The van der Waals surface area contributed by atoms with Gasteiger partial charge in [0.05, 0.1) is 6.10 Å². The minimum atomic E-state index is -3.61. The Morgan fingerprint density at radius 1 is 1.12 bits per heavy atom. The van der Waals surface area contributed by atoms with E-state index in [-0.39, 0.29) is 31.0 Å². The molecule has 0 aromatic carbocycles. The average Bonchev–Trinajstić information content (AvgIpc) is 2.58. The van der Waals surface area contributed by atoms with Crippen LogP contribution < -0.4 is 0 Å². The van der Waals surface area contributed by atoms with Gasteiger partial charge in [-0.05, 0) is 57.8 Å². The van der Waals surface area contributed by atoms with E-state index in [4.69, 9.17) is 16.3 Å². The SMILES string of the molecule is CCOC(CC(CC)CCO)CC(C1CCCCC1)C(F)(F)C(C)(F)Cl. The summed E-state index contributed by atoms with van der Waals surface area (Å²) < 4.78 is 49.9. The molecular formula is C20H36ClF3O2. The summed E-state index contributed by atoms with van der Waals surface area (Å²) in [6.07, 6.45) is 6.08. The lowest BCUT2D eigenvalue weighted by Gasteiger charge is -2.40. The Morgan fingerprint density at radius 2 is 1.73 bits per heavy atom. The van der Waals surface area contributed by atoms with Crippen LogP contribution in [0.2, 0.25) is 0 Å². The minimum Gasteiger partial charge on any atom is -0.396 e. The Labute approximate surface area is 161 Å². The standard InChI is InChI=1S/C20H36ClF3O2/c1-4-15(11-12-25)13-17(26-5-2)14-18(16-9-7-6-8-10-16)20(23,24)19(3,21)22/h15-18,25H,4-14H2,1-3H3. The Balaban J connectivity index is 2.98. The zero-order chi connectivity index (χ0) is 19.8. The maximum Gasteiger partial charge on any atom is 0.298 e. The molecule has 1 aliphatic carbocycles. The van der Waals surface area contributed by atoms with Gasteiger partial charge in [0.2, 0.25) is 5.13 Å². The molecule has 0 spiro atoms. The number of alkyl halides is 4. The van der Waals surface area contributed by atoms with Crippen molar-refractivity contribution >= 4 is 11.6 Å². The van der Waals surface area contributed by atoms with Crippen molar-refractivity contribution in [1.29, 1.82) is 0 Å². The quantitative estimate of drug-likeness (QED) is 0.387. The monoisotopic (exact) mass is 400 g/mol. The van der Waals surface area contributed by atoms with Crippen molar-refractivity contribution in [3.8, 4) is 0 Å². The molecule has 1 rings (SSSR count). The van der Waals surface area contributed by atoms with Crippen molar-refractivity contribution in [2.24, 2.45) is 17.8 Å². The summed E-state index contributed by atoms with van der Waals surface area (Å²) in [5.41, 5.74) is 0. The lowest BCUT2D eigenvalue weighted by molar-refractivity contribution is -0.163. The molecule has 0 aromatic rings. The van der Waals surface area contributed by atoms with Crippen molar-refractivity contribution < 1.29 is 23.0 Å². The van der Waals surface area contributed by atoms with Crippen LogP contribution in [0, 0.1) is 17.8 Å². The summed E-state index contributed by atoms with van der Waals surface area (Å²) >= 11 is 5.49. The van der Waals surface area contributed by atoms with Crippen LogP contribution in [-0.4, -0.2) is 35.5 Å². The molecule has 156 valence electrons. The van der Waals surface area contributed by atoms with E-state index in [2.05, 4.69) is 0 Å². The molecule has 0 amide bonds. The van der Waals surface area contributed by atoms with Crippen molar-refractivity contribution in [1.82, 2.24) is 0 Å². The topological polar surface area (TPSA) is 29.5 Å². The lowest BCUT2D eigenvalue weighted by Crippen LogP contribution is -2.48. The summed E-state index contributed by atoms with van der Waals surface area (Å²) in [4.78, 5) is 0. The number of ether oxygens (including phenoxy) is 1. The van der Waals surface area contributed by atoms with Crippen LogP contribution in [0.1, 0.15) is 78.6 Å². The lowest BCUT2D eigenvalue weighted by atomic mass is 9.73. The third-order valence-corrected chi connectivity index (χ3v) is 6.15. The fourth-order valence-electron chi connectivity index (χ4n) is 4.29. The predicted octanol–water partition coefficient (Wildman–Crippen LogP) is 6.34. The predicted molar refractivity (Wildman–Crippen MR) is 101 cm³/mol. The van der Waals surface area contributed by atoms with E-state index in [9.17, 15) is 18.3 Å². The smallest absolute Gasteiger partial charge is 0.298 e. The first-order valence-electron chi connectivity index (χ1n) is 10.1. The number of rotatable bonds is 12. The van der Waals surface area contributed by atoms with Gasteiger partial charge in [0, 0.05) is 19.1 Å². The number of halogens is 4. The summed E-state index contributed by atoms with van der Waals surface area (Å²) in [6.45, 7) is 5.13. The molecule has 1 fully saturated rings. The molecule has 0 aliphatic heterocycles. The van der Waals surface area contributed by atoms with E-state index in [1.807, 2.05) is 13.8 Å². The largest absolute Gasteiger partial charge is 0.396 e. The first-order chi connectivity index (χ1) is 12.2. The minimum absolute atomic E-state index is 0.0732. The van der Waals surface area contributed by atoms with Crippen LogP contribution >= 0.6 is 11.6 Å². The average molecular weight is 401 g/mol. The van der Waals surface area contributed by atoms with Gasteiger partial charge in [-0.2, -0.15) is 0 Å². The van der Waals surface area contributed by atoms with E-state index < -0.39 is 17.0 Å². The first-order valence-corrected chi connectivity index (χ1v) is 10.5. The van der Waals surface area contributed by atoms with E-state index in [1.54, 1.807) is 0 Å². The van der Waals surface area contributed by atoms with Crippen molar-refractivity contribution in [3.63, 3.8) is 0 Å². The summed E-state index contributed by atoms with van der Waals surface area (Å²) in [5, 5.41) is 6.14. The molecule has 0 bridgehead atoms. The molecule has 4 unspecified atom stereocenters. The van der Waals surface area contributed by atoms with E-state index >= 15 is 0 Å². The van der Waals surface area contributed by atoms with Gasteiger partial charge in [-0.15, -0.1) is 0 Å². The number of hydrogen-bond donors (Lipinski definition) is 1. The van der Waals surface area contributed by atoms with Gasteiger partial charge >= 0.3 is 0 Å². The Bertz CT molecular complexity index is 382. The highest BCUT2D eigenvalue weighted by Crippen LogP contribution is 2.49. The Kier molecular flexibility index (Phi) is 10.3. The summed E-state index contributed by atoms with van der Waals surface area (Å²) in [6, 6.07) is 0. The van der Waals surface area contributed by atoms with Crippen LogP contribution in [0.25, 0.3) is 0 Å². The Morgan fingerprint density at radius 3 is 2.19 bits per heavy atom. The van der Waals surface area contributed by atoms with Gasteiger partial charge in [0.15, 0.2) is 0 Å². The van der Waals surface area contributed by atoms with Crippen LogP contribution in [0.5, 0.6) is 0 Å². The van der Waals surface area contributed by atoms with Gasteiger partial charge in [0.25, 0.3) is 5.92 Å². The zero-order valence-corrected chi connectivity index (χ0v) is 17.2. The summed E-state index contributed by atoms with van der Waals surface area (Å²) in [5.74, 6) is -4.75. The first kappa shape index (κ1) is 24.0. The Hall–Kier alpha value is -0.0000000000000000555. The number of aliphatic hydroxyl groups excluding tert-OH is 1. The molecule has 1 saturated carbocycles. The van der Waals surface area contributed by atoms with Gasteiger partial charge in [0.1, 0.15) is 0 Å². The molecular weight excluding hydrogens is 365 g/mol. The van der Waals surface area contributed by atoms with E-state index in [0.717, 1.165) is 32.6 Å². The molecule has 1 N–H and O–H groups in total. The van der Waals surface area contributed by atoms with Crippen molar-refractivity contribution in [3.05, 3.63) is 0 Å². The zero-order valence-electron chi connectivity index (χ0n) is 16.5. The fraction of sp³-hybridized carbons (Fsp3) is 1.00. The van der Waals surface area contributed by atoms with E-state index in [0.29, 0.717) is 32.3 Å². The molecule has 0 saturated heterocycles. The molecule has 26 heavy (non-hydrogen) atoms. The van der Waals surface area contributed by atoms with Crippen LogP contribution in [0.15, 0.2) is 0 Å². The van der Waals surface area contributed by atoms with Crippen molar-refractivity contribution in [2.75, 3.05) is 13.2 Å². The van der Waals surface area contributed by atoms with Crippen LogP contribution in [-0.2, 0) is 4.74 Å². The maximum atomic E-state index is 14.9. The number of hydrogen-bond acceptors (Lipinski definition) is 2. The summed E-state index contributed by atoms with van der Waals surface area (Å²) in [7, 11) is 0. The third-order valence-electron chi connectivity index (χ3n) is 5.90. The highest BCUT2D eigenvalue weighted by Gasteiger charge is 2.57. The van der Waals surface area contributed by atoms with Crippen molar-refractivity contribution in [2.45, 2.75) is 95.7 Å². The molecule has 0 aromatic heterocycles. The van der Waals surface area contributed by atoms with Crippen LogP contribution in [0.3, 0.4) is 0 Å². The molecule has 2 nitrogen and oxygen atoms in total. The number of aliphatic hydroxyl groups is 1. The fourth-order valence-corrected chi connectivity index (χ4v) is 4.43. The molecule has 6 heteroatoms. The second kappa shape index (κ2) is 11.1. The second-order valence-electron chi connectivity index (χ2n) is 7.85. The third kappa shape index (κ3) is 6.87. The molecule has 4 atom stereocenters. The van der Waals surface area contributed by atoms with Gasteiger partial charge in [-0.25, -0.2) is 13.2 Å². The molecule has 0 radical (unpaired) electrons. The highest BCUT2D eigenvalue weighted by molar-refractivity contribution is 6.23. The van der Waals surface area contributed by atoms with Crippen LogP contribution in [0.4, 0.5) is 13.2 Å². The van der Waals surface area contributed by atoms with E-state index in [1.165, 1.54) is 0 Å². The van der Waals surface area contributed by atoms with Gasteiger partial charge in [-0.1, -0.05) is 44.2 Å². The maximum absolute atomic E-state index is 14.9. The highest BCUT2D eigenvalue weighted by atomic mass is 35.5. The second-order valence-corrected chi connectivity index (χ2v) is 8.56. The normalized spacial score (nSPS) is 22.6. The molecule has 1 aliphatic rings.